The molecule has 2 aromatic rings. The molecule has 1 aromatic heterocycles. The van der Waals surface area contributed by atoms with Crippen LogP contribution in [0.15, 0.2) is 42.7 Å². The zero-order chi connectivity index (χ0) is 14.4. The molecule has 2 N–H and O–H groups in total. The number of aliphatic hydroxyl groups is 1. The van der Waals surface area contributed by atoms with E-state index in [1.165, 1.54) is 0 Å². The Labute approximate surface area is 116 Å². The third-order valence-electron chi connectivity index (χ3n) is 2.97. The van der Waals surface area contributed by atoms with E-state index in [4.69, 9.17) is 0 Å². The van der Waals surface area contributed by atoms with Crippen molar-refractivity contribution in [2.45, 2.75) is 12.5 Å². The van der Waals surface area contributed by atoms with E-state index in [9.17, 15) is 13.9 Å². The molecule has 1 aromatic carbocycles. The Morgan fingerprint density at radius 2 is 2.10 bits per heavy atom. The molecular formula is C15H16F2N2O. The molecule has 0 saturated carbocycles. The minimum Gasteiger partial charge on any atom is -0.387 e. The number of nitrogens with one attached hydrogen (secondary N) is 1. The molecule has 0 aliphatic carbocycles. The minimum absolute atomic E-state index is 0.0288. The molecular weight excluding hydrogens is 262 g/mol. The van der Waals surface area contributed by atoms with Crippen molar-refractivity contribution in [2.75, 3.05) is 13.1 Å². The smallest absolute Gasteiger partial charge is 0.129 e. The van der Waals surface area contributed by atoms with E-state index in [0.717, 1.165) is 30.2 Å². The first kappa shape index (κ1) is 14.6. The van der Waals surface area contributed by atoms with Gasteiger partial charge >= 0.3 is 0 Å². The zero-order valence-corrected chi connectivity index (χ0v) is 10.9. The lowest BCUT2D eigenvalue weighted by Gasteiger charge is -2.13. The second-order valence-corrected chi connectivity index (χ2v) is 4.50. The maximum Gasteiger partial charge on any atom is 0.129 e. The Morgan fingerprint density at radius 3 is 2.85 bits per heavy atom. The van der Waals surface area contributed by atoms with Crippen LogP contribution in [0.5, 0.6) is 0 Å². The molecule has 0 aliphatic rings. The van der Waals surface area contributed by atoms with E-state index in [2.05, 4.69) is 10.3 Å². The SMILES string of the molecule is OC(CNCCc1cccnc1)c1cc(F)ccc1F. The quantitative estimate of drug-likeness (QED) is 0.796. The Balaban J connectivity index is 1.80. The van der Waals surface area contributed by atoms with Gasteiger partial charge in [-0.2, -0.15) is 0 Å². The molecule has 5 heteroatoms. The average Bonchev–Trinajstić information content (AvgIpc) is 2.47. The maximum absolute atomic E-state index is 13.4. The number of hydrogen-bond acceptors (Lipinski definition) is 3. The topological polar surface area (TPSA) is 45.1 Å². The lowest BCUT2D eigenvalue weighted by molar-refractivity contribution is 0.170. The van der Waals surface area contributed by atoms with E-state index >= 15 is 0 Å². The minimum atomic E-state index is -1.07. The predicted molar refractivity (Wildman–Crippen MR) is 72.1 cm³/mol. The second-order valence-electron chi connectivity index (χ2n) is 4.50. The first-order valence-electron chi connectivity index (χ1n) is 6.39. The Hall–Kier alpha value is -1.85. The summed E-state index contributed by atoms with van der Waals surface area (Å²) in [4.78, 5) is 4.00. The van der Waals surface area contributed by atoms with Gasteiger partial charge < -0.3 is 10.4 Å². The molecule has 3 nitrogen and oxygen atoms in total. The fraction of sp³-hybridized carbons (Fsp3) is 0.267. The molecule has 0 saturated heterocycles. The van der Waals surface area contributed by atoms with E-state index < -0.39 is 17.7 Å². The Bertz CT molecular complexity index is 549. The van der Waals surface area contributed by atoms with Crippen molar-refractivity contribution in [3.63, 3.8) is 0 Å². The number of aromatic nitrogens is 1. The molecule has 0 amide bonds. The van der Waals surface area contributed by atoms with Crippen molar-refractivity contribution >= 4 is 0 Å². The normalized spacial score (nSPS) is 12.3. The molecule has 0 aliphatic heterocycles. The molecule has 0 fully saturated rings. The van der Waals surface area contributed by atoms with Crippen LogP contribution >= 0.6 is 0 Å². The second kappa shape index (κ2) is 7.07. The first-order valence-corrected chi connectivity index (χ1v) is 6.39. The molecule has 20 heavy (non-hydrogen) atoms. The van der Waals surface area contributed by atoms with Gasteiger partial charge in [0.15, 0.2) is 0 Å². The monoisotopic (exact) mass is 278 g/mol. The number of benzene rings is 1. The standard InChI is InChI=1S/C15H16F2N2O/c16-12-3-4-14(17)13(8-12)15(20)10-19-7-5-11-2-1-6-18-9-11/h1-4,6,8-9,15,19-20H,5,7,10H2. The van der Waals surface area contributed by atoms with Crippen molar-refractivity contribution < 1.29 is 13.9 Å². The lowest BCUT2D eigenvalue weighted by atomic mass is 10.1. The van der Waals surface area contributed by atoms with Crippen LogP contribution in [0.4, 0.5) is 8.78 Å². The summed E-state index contributed by atoms with van der Waals surface area (Å²) in [6, 6.07) is 6.87. The first-order chi connectivity index (χ1) is 9.66. The van der Waals surface area contributed by atoms with E-state index in [-0.39, 0.29) is 12.1 Å². The highest BCUT2D eigenvalue weighted by molar-refractivity contribution is 5.21. The van der Waals surface area contributed by atoms with Crippen LogP contribution < -0.4 is 5.32 Å². The highest BCUT2D eigenvalue weighted by atomic mass is 19.1. The van der Waals surface area contributed by atoms with Gasteiger partial charge in [0.05, 0.1) is 6.10 Å². The van der Waals surface area contributed by atoms with Crippen LogP contribution in [-0.4, -0.2) is 23.2 Å². The molecule has 0 radical (unpaired) electrons. The van der Waals surface area contributed by atoms with Crippen LogP contribution in [0.25, 0.3) is 0 Å². The summed E-state index contributed by atoms with van der Waals surface area (Å²) in [6.07, 6.45) is 3.16. The summed E-state index contributed by atoms with van der Waals surface area (Å²) in [5, 5.41) is 12.9. The van der Waals surface area contributed by atoms with Crippen molar-refractivity contribution in [1.29, 1.82) is 0 Å². The number of hydrogen-bond donors (Lipinski definition) is 2. The van der Waals surface area contributed by atoms with Gasteiger partial charge in [0.25, 0.3) is 0 Å². The summed E-state index contributed by atoms with van der Waals surface area (Å²) in [5.41, 5.74) is 1.05. The van der Waals surface area contributed by atoms with Gasteiger partial charge in [0.1, 0.15) is 11.6 Å². The number of pyridine rings is 1. The molecule has 2 rings (SSSR count). The molecule has 1 atom stereocenters. The fourth-order valence-electron chi connectivity index (χ4n) is 1.90. The summed E-state index contributed by atoms with van der Waals surface area (Å²) < 4.78 is 26.4. The van der Waals surface area contributed by atoms with Crippen LogP contribution in [-0.2, 0) is 6.42 Å². The Morgan fingerprint density at radius 1 is 1.25 bits per heavy atom. The van der Waals surface area contributed by atoms with E-state index in [1.807, 2.05) is 12.1 Å². The highest BCUT2D eigenvalue weighted by Crippen LogP contribution is 2.17. The summed E-state index contributed by atoms with van der Waals surface area (Å²) in [7, 11) is 0. The lowest BCUT2D eigenvalue weighted by Crippen LogP contribution is -2.24. The maximum atomic E-state index is 13.4. The van der Waals surface area contributed by atoms with Gasteiger partial charge in [0.2, 0.25) is 0 Å². The zero-order valence-electron chi connectivity index (χ0n) is 10.9. The third-order valence-corrected chi connectivity index (χ3v) is 2.97. The molecule has 0 spiro atoms. The van der Waals surface area contributed by atoms with Gasteiger partial charge in [-0.25, -0.2) is 8.78 Å². The van der Waals surface area contributed by atoms with Crippen LogP contribution in [0, 0.1) is 11.6 Å². The molecule has 1 heterocycles. The van der Waals surface area contributed by atoms with Crippen LogP contribution in [0.2, 0.25) is 0 Å². The van der Waals surface area contributed by atoms with Gasteiger partial charge in [0, 0.05) is 24.5 Å². The van der Waals surface area contributed by atoms with Crippen LogP contribution in [0.1, 0.15) is 17.2 Å². The summed E-state index contributed by atoms with van der Waals surface area (Å²) >= 11 is 0. The van der Waals surface area contributed by atoms with Gasteiger partial charge in [-0.3, -0.25) is 4.98 Å². The van der Waals surface area contributed by atoms with Crippen LogP contribution in [0.3, 0.4) is 0 Å². The van der Waals surface area contributed by atoms with Gasteiger partial charge in [-0.05, 0) is 42.8 Å². The summed E-state index contributed by atoms with van der Waals surface area (Å²) in [6.45, 7) is 0.792. The average molecular weight is 278 g/mol. The summed E-state index contributed by atoms with van der Waals surface area (Å²) in [5.74, 6) is -1.16. The third kappa shape index (κ3) is 4.08. The highest BCUT2D eigenvalue weighted by Gasteiger charge is 2.13. The van der Waals surface area contributed by atoms with Crippen molar-refractivity contribution in [3.8, 4) is 0 Å². The van der Waals surface area contributed by atoms with Gasteiger partial charge in [-0.15, -0.1) is 0 Å². The Kier molecular flexibility index (Phi) is 5.15. The predicted octanol–water partition coefficient (Wildman–Crippen LogP) is 2.23. The van der Waals surface area contributed by atoms with Crippen molar-refractivity contribution in [3.05, 3.63) is 65.5 Å². The number of aliphatic hydroxyl groups excluding tert-OH is 1. The van der Waals surface area contributed by atoms with Crippen molar-refractivity contribution in [2.24, 2.45) is 0 Å². The molecule has 106 valence electrons. The number of nitrogens with zero attached hydrogens (tertiary/aromatic N) is 1. The number of rotatable bonds is 6. The molecule has 0 bridgehead atoms. The van der Waals surface area contributed by atoms with Gasteiger partial charge in [-0.1, -0.05) is 6.07 Å². The van der Waals surface area contributed by atoms with E-state index in [0.29, 0.717) is 6.54 Å². The fourth-order valence-corrected chi connectivity index (χ4v) is 1.90. The van der Waals surface area contributed by atoms with Crippen molar-refractivity contribution in [1.82, 2.24) is 10.3 Å². The van der Waals surface area contributed by atoms with E-state index in [1.54, 1.807) is 12.4 Å². The number of halogens is 2. The largest absolute Gasteiger partial charge is 0.387 e. The molecule has 1 unspecified atom stereocenters.